The SMILES string of the molecule is C=CC[N+](C)(C)Cc1ccccc1.[Cl-].[Cl-].[Na+]. The van der Waals surface area contributed by atoms with Crippen molar-refractivity contribution >= 4 is 0 Å². The maximum atomic E-state index is 3.77. The van der Waals surface area contributed by atoms with Crippen molar-refractivity contribution < 1.29 is 58.9 Å². The van der Waals surface area contributed by atoms with Gasteiger partial charge in [-0.15, -0.1) is 0 Å². The summed E-state index contributed by atoms with van der Waals surface area (Å²) in [7, 11) is 4.43. The number of likely N-dealkylation sites (N-methyl/N-ethyl adjacent to an activating group) is 1. The molecule has 0 atom stereocenters. The summed E-state index contributed by atoms with van der Waals surface area (Å²) in [5.74, 6) is 0. The Hall–Kier alpha value is 0.500. The Balaban J connectivity index is -0.000000563. The average molecular weight is 270 g/mol. The summed E-state index contributed by atoms with van der Waals surface area (Å²) in [5.41, 5.74) is 1.38. The molecule has 0 aliphatic heterocycles. The van der Waals surface area contributed by atoms with Gasteiger partial charge in [-0.1, -0.05) is 36.9 Å². The number of hydrogen-bond acceptors (Lipinski definition) is 0. The van der Waals surface area contributed by atoms with Gasteiger partial charge in [-0.3, -0.25) is 0 Å². The summed E-state index contributed by atoms with van der Waals surface area (Å²) in [6.07, 6.45) is 1.98. The molecule has 86 valence electrons. The number of quaternary nitrogens is 1. The number of nitrogens with zero attached hydrogens (tertiary/aromatic N) is 1. The minimum absolute atomic E-state index is 0. The Morgan fingerprint density at radius 1 is 1.12 bits per heavy atom. The summed E-state index contributed by atoms with van der Waals surface area (Å²) in [6, 6.07) is 10.6. The second-order valence-electron chi connectivity index (χ2n) is 4.05. The van der Waals surface area contributed by atoms with E-state index < -0.39 is 0 Å². The van der Waals surface area contributed by atoms with E-state index in [9.17, 15) is 0 Å². The molecule has 0 heterocycles. The molecule has 0 radical (unpaired) electrons. The molecule has 0 spiro atoms. The van der Waals surface area contributed by atoms with E-state index in [1.54, 1.807) is 0 Å². The predicted octanol–water partition coefficient (Wildman–Crippen LogP) is -6.54. The first-order valence-corrected chi connectivity index (χ1v) is 4.61. The van der Waals surface area contributed by atoms with Gasteiger partial charge in [-0.05, 0) is 6.08 Å². The normalized spacial score (nSPS) is 9.12. The number of hydrogen-bond donors (Lipinski definition) is 0. The van der Waals surface area contributed by atoms with E-state index in [4.69, 9.17) is 0 Å². The third kappa shape index (κ3) is 8.63. The fraction of sp³-hybridized carbons (Fsp3) is 0.333. The van der Waals surface area contributed by atoms with Gasteiger partial charge in [-0.25, -0.2) is 0 Å². The first kappa shape index (κ1) is 21.8. The second-order valence-corrected chi connectivity index (χ2v) is 4.05. The molecule has 0 bridgehead atoms. The summed E-state index contributed by atoms with van der Waals surface area (Å²) in [6.45, 7) is 5.84. The first-order valence-electron chi connectivity index (χ1n) is 4.61. The third-order valence-electron chi connectivity index (χ3n) is 2.08. The van der Waals surface area contributed by atoms with Gasteiger partial charge in [0.1, 0.15) is 6.54 Å². The largest absolute Gasteiger partial charge is 1.00 e. The van der Waals surface area contributed by atoms with Crippen LogP contribution in [0.2, 0.25) is 0 Å². The molecule has 0 saturated carbocycles. The molecule has 0 aliphatic rings. The Kier molecular flexibility index (Phi) is 14.5. The van der Waals surface area contributed by atoms with Crippen LogP contribution in [0.3, 0.4) is 0 Å². The molecule has 0 fully saturated rings. The zero-order valence-electron chi connectivity index (χ0n) is 10.3. The summed E-state index contributed by atoms with van der Waals surface area (Å²) in [4.78, 5) is 0. The molecule has 0 N–H and O–H groups in total. The molecular formula is C12H18Cl2NNa. The topological polar surface area (TPSA) is 0 Å². The summed E-state index contributed by atoms with van der Waals surface area (Å²) < 4.78 is 0.966. The molecule has 1 rings (SSSR count). The van der Waals surface area contributed by atoms with E-state index in [1.165, 1.54) is 5.56 Å². The molecule has 0 amide bonds. The van der Waals surface area contributed by atoms with Crippen molar-refractivity contribution in [1.82, 2.24) is 0 Å². The number of halogens is 2. The van der Waals surface area contributed by atoms with Crippen molar-refractivity contribution in [2.45, 2.75) is 6.54 Å². The van der Waals surface area contributed by atoms with Crippen molar-refractivity contribution in [1.29, 1.82) is 0 Å². The molecule has 0 unspecified atom stereocenters. The van der Waals surface area contributed by atoms with Crippen LogP contribution in [0.5, 0.6) is 0 Å². The standard InChI is InChI=1S/C12H18N.2ClH.Na/c1-4-10-13(2,3)11-12-8-6-5-7-9-12;;;/h4-9H,1,10-11H2,2-3H3;2*1H;/q+1;;;+1/p-2. The van der Waals surface area contributed by atoms with E-state index >= 15 is 0 Å². The van der Waals surface area contributed by atoms with Gasteiger partial charge in [0.25, 0.3) is 0 Å². The van der Waals surface area contributed by atoms with Crippen LogP contribution in [0.1, 0.15) is 5.56 Å². The fourth-order valence-corrected chi connectivity index (χ4v) is 1.49. The zero-order valence-corrected chi connectivity index (χ0v) is 13.8. The fourth-order valence-electron chi connectivity index (χ4n) is 1.49. The van der Waals surface area contributed by atoms with E-state index in [-0.39, 0.29) is 54.4 Å². The van der Waals surface area contributed by atoms with Crippen molar-refractivity contribution in [3.63, 3.8) is 0 Å². The molecular weight excluding hydrogens is 252 g/mol. The van der Waals surface area contributed by atoms with Crippen LogP contribution in [0.25, 0.3) is 0 Å². The minimum atomic E-state index is 0. The molecule has 1 nitrogen and oxygen atoms in total. The molecule has 1 aromatic carbocycles. The van der Waals surface area contributed by atoms with Crippen LogP contribution in [0.4, 0.5) is 0 Å². The predicted molar refractivity (Wildman–Crippen MR) is 57.3 cm³/mol. The van der Waals surface area contributed by atoms with E-state index in [2.05, 4.69) is 51.0 Å². The Labute approximate surface area is 134 Å². The molecule has 1 aromatic rings. The van der Waals surface area contributed by atoms with Gasteiger partial charge >= 0.3 is 29.6 Å². The van der Waals surface area contributed by atoms with Gasteiger partial charge in [0, 0.05) is 5.56 Å². The molecule has 0 aromatic heterocycles. The van der Waals surface area contributed by atoms with Crippen molar-refractivity contribution in [3.8, 4) is 0 Å². The smallest absolute Gasteiger partial charge is 1.00 e. The van der Waals surface area contributed by atoms with Gasteiger partial charge < -0.3 is 29.3 Å². The van der Waals surface area contributed by atoms with Crippen LogP contribution in [-0.2, 0) is 6.54 Å². The van der Waals surface area contributed by atoms with Crippen LogP contribution in [0.15, 0.2) is 43.0 Å². The molecule has 4 heteroatoms. The van der Waals surface area contributed by atoms with Gasteiger partial charge in [-0.2, -0.15) is 0 Å². The third-order valence-corrected chi connectivity index (χ3v) is 2.08. The number of benzene rings is 1. The average Bonchev–Trinajstić information content (AvgIpc) is 2.04. The Morgan fingerprint density at radius 3 is 2.06 bits per heavy atom. The van der Waals surface area contributed by atoms with Crippen LogP contribution in [-0.4, -0.2) is 25.1 Å². The quantitative estimate of drug-likeness (QED) is 0.290. The van der Waals surface area contributed by atoms with Crippen molar-refractivity contribution in [2.24, 2.45) is 0 Å². The zero-order chi connectivity index (χ0) is 9.73. The van der Waals surface area contributed by atoms with E-state index in [0.717, 1.165) is 17.6 Å². The second kappa shape index (κ2) is 10.6. The van der Waals surface area contributed by atoms with Crippen molar-refractivity contribution in [3.05, 3.63) is 48.6 Å². The van der Waals surface area contributed by atoms with E-state index in [1.807, 2.05) is 6.08 Å². The first-order chi connectivity index (χ1) is 6.14. The molecule has 0 aliphatic carbocycles. The summed E-state index contributed by atoms with van der Waals surface area (Å²) in [5, 5.41) is 0. The van der Waals surface area contributed by atoms with E-state index in [0.29, 0.717) is 0 Å². The maximum absolute atomic E-state index is 3.77. The van der Waals surface area contributed by atoms with Crippen LogP contribution in [0, 0.1) is 0 Å². The summed E-state index contributed by atoms with van der Waals surface area (Å²) >= 11 is 0. The van der Waals surface area contributed by atoms with Gasteiger partial charge in [0.05, 0.1) is 20.6 Å². The molecule has 16 heavy (non-hydrogen) atoms. The van der Waals surface area contributed by atoms with Gasteiger partial charge in [0.2, 0.25) is 0 Å². The molecule has 0 saturated heterocycles. The maximum Gasteiger partial charge on any atom is 1.00 e. The number of rotatable bonds is 4. The minimum Gasteiger partial charge on any atom is -1.00 e. The van der Waals surface area contributed by atoms with Crippen LogP contribution < -0.4 is 54.4 Å². The van der Waals surface area contributed by atoms with Crippen LogP contribution >= 0.6 is 0 Å². The van der Waals surface area contributed by atoms with Gasteiger partial charge in [0.15, 0.2) is 0 Å². The monoisotopic (exact) mass is 269 g/mol. The Morgan fingerprint density at radius 2 is 1.62 bits per heavy atom. The van der Waals surface area contributed by atoms with Crippen molar-refractivity contribution in [2.75, 3.05) is 20.6 Å². The Bertz CT molecular complexity index is 276.